The topological polar surface area (TPSA) is 55.9 Å². The highest BCUT2D eigenvalue weighted by molar-refractivity contribution is 5.79. The Kier molecular flexibility index (Phi) is 8.15. The second-order valence-corrected chi connectivity index (χ2v) is 9.29. The van der Waals surface area contributed by atoms with Gasteiger partial charge in [-0.3, -0.25) is 19.4 Å². The van der Waals surface area contributed by atoms with Gasteiger partial charge in [0, 0.05) is 45.3 Å². The average molecular weight is 393 g/mol. The van der Waals surface area contributed by atoms with Crippen LogP contribution in [0.3, 0.4) is 0 Å². The first kappa shape index (κ1) is 21.6. The molecule has 2 aliphatic heterocycles. The van der Waals surface area contributed by atoms with Gasteiger partial charge >= 0.3 is 0 Å². The zero-order valence-corrected chi connectivity index (χ0v) is 18.0. The molecule has 3 rings (SSSR count). The van der Waals surface area contributed by atoms with E-state index in [-0.39, 0.29) is 11.8 Å². The molecule has 28 heavy (non-hydrogen) atoms. The molecular weight excluding hydrogens is 352 g/mol. The molecule has 6 nitrogen and oxygen atoms in total. The molecule has 160 valence electrons. The molecule has 0 aromatic heterocycles. The highest BCUT2D eigenvalue weighted by Gasteiger charge is 2.29. The molecular formula is C22H40N4O2. The van der Waals surface area contributed by atoms with Crippen molar-refractivity contribution in [3.63, 3.8) is 0 Å². The van der Waals surface area contributed by atoms with Crippen LogP contribution in [0.4, 0.5) is 0 Å². The summed E-state index contributed by atoms with van der Waals surface area (Å²) in [6.07, 6.45) is 8.42. The van der Waals surface area contributed by atoms with Crippen LogP contribution in [0.25, 0.3) is 0 Å². The lowest BCUT2D eigenvalue weighted by Gasteiger charge is -2.37. The molecule has 1 N–H and O–H groups in total. The first-order valence-electron chi connectivity index (χ1n) is 11.5. The lowest BCUT2D eigenvalue weighted by Crippen LogP contribution is -2.53. The summed E-state index contributed by atoms with van der Waals surface area (Å²) in [5.74, 6) is 1.72. The fourth-order valence-corrected chi connectivity index (χ4v) is 4.96. The molecule has 6 heteroatoms. The quantitative estimate of drug-likeness (QED) is 0.777. The molecule has 0 aromatic rings. The van der Waals surface area contributed by atoms with Crippen LogP contribution in [0.1, 0.15) is 58.8 Å². The number of amides is 2. The van der Waals surface area contributed by atoms with Crippen molar-refractivity contribution in [2.45, 2.75) is 64.8 Å². The van der Waals surface area contributed by atoms with Crippen LogP contribution in [-0.4, -0.2) is 84.9 Å². The Morgan fingerprint density at radius 3 is 2.04 bits per heavy atom. The monoisotopic (exact) mass is 392 g/mol. The minimum Gasteiger partial charge on any atom is -0.352 e. The third-order valence-corrected chi connectivity index (χ3v) is 7.20. The highest BCUT2D eigenvalue weighted by Crippen LogP contribution is 2.29. The summed E-state index contributed by atoms with van der Waals surface area (Å²) in [5.41, 5.74) is 0. The van der Waals surface area contributed by atoms with Crippen molar-refractivity contribution in [2.75, 3.05) is 52.4 Å². The van der Waals surface area contributed by atoms with Gasteiger partial charge in [0.1, 0.15) is 0 Å². The number of nitrogens with one attached hydrogen (secondary N) is 1. The second-order valence-electron chi connectivity index (χ2n) is 9.29. The third kappa shape index (κ3) is 6.18. The van der Waals surface area contributed by atoms with Crippen LogP contribution in [0.15, 0.2) is 0 Å². The van der Waals surface area contributed by atoms with Gasteiger partial charge in [0.05, 0.1) is 13.1 Å². The normalized spacial score (nSPS) is 30.6. The zero-order chi connectivity index (χ0) is 19.9. The summed E-state index contributed by atoms with van der Waals surface area (Å²) in [6, 6.07) is 0.337. The van der Waals surface area contributed by atoms with Crippen LogP contribution in [0.2, 0.25) is 0 Å². The number of nitrogens with zero attached hydrogens (tertiary/aromatic N) is 3. The van der Waals surface area contributed by atoms with Crippen molar-refractivity contribution in [1.82, 2.24) is 20.0 Å². The number of carbonyl (C=O) groups excluding carboxylic acids is 2. The summed E-state index contributed by atoms with van der Waals surface area (Å²) in [5, 5.41) is 3.28. The van der Waals surface area contributed by atoms with E-state index in [1.165, 1.54) is 25.7 Å². The molecule has 2 saturated heterocycles. The lowest BCUT2D eigenvalue weighted by atomic mass is 9.78. The largest absolute Gasteiger partial charge is 0.352 e. The molecule has 3 atom stereocenters. The number of hydrogen-bond donors (Lipinski definition) is 1. The number of carbonyl (C=O) groups is 2. The average Bonchev–Trinajstić information content (AvgIpc) is 2.97. The van der Waals surface area contributed by atoms with Crippen molar-refractivity contribution in [3.8, 4) is 0 Å². The van der Waals surface area contributed by atoms with Gasteiger partial charge < -0.3 is 10.2 Å². The van der Waals surface area contributed by atoms with E-state index in [0.717, 1.165) is 58.5 Å². The minimum atomic E-state index is 0.167. The van der Waals surface area contributed by atoms with Crippen molar-refractivity contribution in [3.05, 3.63) is 0 Å². The molecule has 0 spiro atoms. The van der Waals surface area contributed by atoms with E-state index < -0.39 is 0 Å². The molecule has 2 heterocycles. The maximum absolute atomic E-state index is 12.6. The van der Waals surface area contributed by atoms with E-state index in [4.69, 9.17) is 0 Å². The Bertz CT molecular complexity index is 511. The number of piperazine rings is 1. The number of rotatable bonds is 5. The maximum Gasteiger partial charge on any atom is 0.236 e. The van der Waals surface area contributed by atoms with Crippen LogP contribution in [0.5, 0.6) is 0 Å². The maximum atomic E-state index is 12.6. The van der Waals surface area contributed by atoms with Gasteiger partial charge in [0.15, 0.2) is 0 Å². The first-order valence-corrected chi connectivity index (χ1v) is 11.5. The Labute approximate surface area is 171 Å². The molecule has 0 bridgehead atoms. The molecule has 0 aromatic carbocycles. The van der Waals surface area contributed by atoms with Crippen LogP contribution in [0, 0.1) is 11.8 Å². The van der Waals surface area contributed by atoms with Crippen LogP contribution in [-0.2, 0) is 9.59 Å². The molecule has 3 aliphatic rings. The Morgan fingerprint density at radius 2 is 1.39 bits per heavy atom. The molecule has 1 aliphatic carbocycles. The minimum absolute atomic E-state index is 0.167. The van der Waals surface area contributed by atoms with E-state index in [0.29, 0.717) is 31.0 Å². The Balaban J connectivity index is 1.35. The number of likely N-dealkylation sites (tertiary alicyclic amines) is 1. The third-order valence-electron chi connectivity index (χ3n) is 7.20. The predicted octanol–water partition coefficient (Wildman–Crippen LogP) is 1.95. The standard InChI is InChI=1S/C22H40N4O2/c1-18-8-7-9-20(19(18)2)23-21(27)16-24-12-14-25(15-13-24)17-22(28)26-10-5-3-4-6-11-26/h18-20H,3-17H2,1-2H3,(H,23,27). The Hall–Kier alpha value is -1.14. The van der Waals surface area contributed by atoms with E-state index in [1.807, 2.05) is 0 Å². The highest BCUT2D eigenvalue weighted by atomic mass is 16.2. The van der Waals surface area contributed by atoms with Crippen molar-refractivity contribution < 1.29 is 9.59 Å². The van der Waals surface area contributed by atoms with Gasteiger partial charge in [0.25, 0.3) is 0 Å². The summed E-state index contributed by atoms with van der Waals surface area (Å²) < 4.78 is 0. The van der Waals surface area contributed by atoms with Gasteiger partial charge in [0.2, 0.25) is 11.8 Å². The fraction of sp³-hybridized carbons (Fsp3) is 0.909. The van der Waals surface area contributed by atoms with Crippen LogP contribution >= 0.6 is 0 Å². The summed E-state index contributed by atoms with van der Waals surface area (Å²) in [7, 11) is 0. The van der Waals surface area contributed by atoms with Gasteiger partial charge in [-0.15, -0.1) is 0 Å². The lowest BCUT2D eigenvalue weighted by molar-refractivity contribution is -0.133. The fourth-order valence-electron chi connectivity index (χ4n) is 4.96. The van der Waals surface area contributed by atoms with Gasteiger partial charge in [-0.2, -0.15) is 0 Å². The van der Waals surface area contributed by atoms with Crippen molar-refractivity contribution in [2.24, 2.45) is 11.8 Å². The summed E-state index contributed by atoms with van der Waals surface area (Å²) in [4.78, 5) is 31.6. The number of hydrogen-bond acceptors (Lipinski definition) is 4. The molecule has 1 saturated carbocycles. The van der Waals surface area contributed by atoms with Crippen molar-refractivity contribution >= 4 is 11.8 Å². The van der Waals surface area contributed by atoms with E-state index in [1.54, 1.807) is 0 Å². The first-order chi connectivity index (χ1) is 13.5. The SMILES string of the molecule is CC1CCCC(NC(=O)CN2CCN(CC(=O)N3CCCCCC3)CC2)C1C. The van der Waals surface area contributed by atoms with E-state index in [2.05, 4.69) is 33.9 Å². The van der Waals surface area contributed by atoms with Crippen molar-refractivity contribution in [1.29, 1.82) is 0 Å². The molecule has 3 unspecified atom stereocenters. The van der Waals surface area contributed by atoms with E-state index in [9.17, 15) is 9.59 Å². The summed E-state index contributed by atoms with van der Waals surface area (Å²) >= 11 is 0. The van der Waals surface area contributed by atoms with Crippen LogP contribution < -0.4 is 5.32 Å². The summed E-state index contributed by atoms with van der Waals surface area (Å²) in [6.45, 7) is 11.0. The second kappa shape index (κ2) is 10.6. The van der Waals surface area contributed by atoms with Gasteiger partial charge in [-0.25, -0.2) is 0 Å². The molecule has 0 radical (unpaired) electrons. The van der Waals surface area contributed by atoms with Gasteiger partial charge in [-0.1, -0.05) is 39.5 Å². The zero-order valence-electron chi connectivity index (χ0n) is 18.0. The molecule has 2 amide bonds. The Morgan fingerprint density at radius 1 is 0.786 bits per heavy atom. The molecule has 3 fully saturated rings. The predicted molar refractivity (Wildman–Crippen MR) is 112 cm³/mol. The van der Waals surface area contributed by atoms with Gasteiger partial charge in [-0.05, 0) is 31.1 Å². The van der Waals surface area contributed by atoms with E-state index >= 15 is 0 Å². The smallest absolute Gasteiger partial charge is 0.236 e.